The minimum absolute atomic E-state index is 0.234. The zero-order valence-corrected chi connectivity index (χ0v) is 12.5. The summed E-state index contributed by atoms with van der Waals surface area (Å²) in [5.74, 6) is 0.735. The summed E-state index contributed by atoms with van der Waals surface area (Å²) in [4.78, 5) is 1.17. The molecule has 0 spiro atoms. The summed E-state index contributed by atoms with van der Waals surface area (Å²) in [6, 6.07) is 13.5. The van der Waals surface area contributed by atoms with E-state index >= 15 is 0 Å². The van der Waals surface area contributed by atoms with E-state index in [-0.39, 0.29) is 6.04 Å². The molecule has 0 amide bonds. The number of hydrogen-bond acceptors (Lipinski definition) is 3. The van der Waals surface area contributed by atoms with Gasteiger partial charge in [-0.15, -0.1) is 11.8 Å². The number of halogens is 1. The molecule has 2 rings (SSSR count). The Bertz CT molecular complexity index is 574. The topological polar surface area (TPSA) is 35.2 Å². The maximum Gasteiger partial charge on any atom is 0.120 e. The van der Waals surface area contributed by atoms with E-state index in [9.17, 15) is 0 Å². The second-order valence-electron chi connectivity index (χ2n) is 4.11. The summed E-state index contributed by atoms with van der Waals surface area (Å²) in [7, 11) is 1.62. The van der Waals surface area contributed by atoms with E-state index in [1.165, 1.54) is 4.90 Å². The van der Waals surface area contributed by atoms with Crippen molar-refractivity contribution in [1.29, 1.82) is 0 Å². The Kier molecular flexibility index (Phi) is 4.75. The molecule has 0 aliphatic heterocycles. The number of rotatable bonds is 4. The molecule has 19 heavy (non-hydrogen) atoms. The third kappa shape index (κ3) is 3.06. The minimum Gasteiger partial charge on any atom is -0.497 e. The van der Waals surface area contributed by atoms with Crippen molar-refractivity contribution in [3.63, 3.8) is 0 Å². The zero-order chi connectivity index (χ0) is 13.8. The van der Waals surface area contributed by atoms with Crippen LogP contribution in [0.4, 0.5) is 0 Å². The largest absolute Gasteiger partial charge is 0.497 e. The standard InChI is InChI=1S/C15H16ClNOS/c1-18-10-7-8-11(13(16)9-10)15(17)12-5-3-4-6-14(12)19-2/h3-9,15H,17H2,1-2H3. The summed E-state index contributed by atoms with van der Waals surface area (Å²) in [6.45, 7) is 0. The highest BCUT2D eigenvalue weighted by Gasteiger charge is 2.15. The Balaban J connectivity index is 2.41. The molecule has 0 fully saturated rings. The normalized spacial score (nSPS) is 12.2. The average Bonchev–Trinajstić information content (AvgIpc) is 2.46. The number of nitrogens with two attached hydrogens (primary N) is 1. The van der Waals surface area contributed by atoms with Crippen LogP contribution in [0.3, 0.4) is 0 Å². The molecule has 1 unspecified atom stereocenters. The van der Waals surface area contributed by atoms with E-state index in [2.05, 4.69) is 6.07 Å². The van der Waals surface area contributed by atoms with Gasteiger partial charge in [0.15, 0.2) is 0 Å². The summed E-state index contributed by atoms with van der Waals surface area (Å²) >= 11 is 7.97. The number of methoxy groups -OCH3 is 1. The first-order chi connectivity index (χ1) is 9.17. The highest BCUT2D eigenvalue weighted by atomic mass is 35.5. The monoisotopic (exact) mass is 293 g/mol. The molecular formula is C15H16ClNOS. The predicted molar refractivity (Wildman–Crippen MR) is 82.3 cm³/mol. The smallest absolute Gasteiger partial charge is 0.120 e. The van der Waals surface area contributed by atoms with Crippen molar-refractivity contribution in [2.24, 2.45) is 5.73 Å². The lowest BCUT2D eigenvalue weighted by Gasteiger charge is -2.17. The van der Waals surface area contributed by atoms with E-state index in [1.807, 2.05) is 36.6 Å². The molecule has 4 heteroatoms. The molecule has 2 nitrogen and oxygen atoms in total. The van der Waals surface area contributed by atoms with Crippen LogP contribution in [0.2, 0.25) is 5.02 Å². The maximum absolute atomic E-state index is 6.35. The summed E-state index contributed by atoms with van der Waals surface area (Å²) in [5, 5.41) is 0.628. The average molecular weight is 294 g/mol. The third-order valence-corrected chi connectivity index (χ3v) is 4.16. The van der Waals surface area contributed by atoms with Gasteiger partial charge in [-0.1, -0.05) is 35.9 Å². The van der Waals surface area contributed by atoms with Gasteiger partial charge in [0.1, 0.15) is 5.75 Å². The molecule has 0 saturated heterocycles. The van der Waals surface area contributed by atoms with Crippen LogP contribution in [0.1, 0.15) is 17.2 Å². The highest BCUT2D eigenvalue weighted by Crippen LogP contribution is 2.33. The van der Waals surface area contributed by atoms with Crippen molar-refractivity contribution >= 4 is 23.4 Å². The Morgan fingerprint density at radius 1 is 1.16 bits per heavy atom. The molecule has 0 heterocycles. The molecule has 0 aliphatic rings. The van der Waals surface area contributed by atoms with Gasteiger partial charge in [-0.05, 0) is 35.6 Å². The number of benzene rings is 2. The minimum atomic E-state index is -0.234. The van der Waals surface area contributed by atoms with Gasteiger partial charge in [0.05, 0.1) is 13.2 Å². The van der Waals surface area contributed by atoms with Crippen molar-refractivity contribution < 1.29 is 4.74 Å². The van der Waals surface area contributed by atoms with Gasteiger partial charge in [-0.25, -0.2) is 0 Å². The van der Waals surface area contributed by atoms with Gasteiger partial charge >= 0.3 is 0 Å². The molecule has 1 atom stereocenters. The Morgan fingerprint density at radius 3 is 2.53 bits per heavy atom. The predicted octanol–water partition coefficient (Wildman–Crippen LogP) is 4.12. The van der Waals surface area contributed by atoms with Crippen molar-refractivity contribution in [3.8, 4) is 5.75 Å². The van der Waals surface area contributed by atoms with Gasteiger partial charge in [-0.2, -0.15) is 0 Å². The van der Waals surface area contributed by atoms with E-state index in [1.54, 1.807) is 24.9 Å². The van der Waals surface area contributed by atoms with E-state index in [0.717, 1.165) is 16.9 Å². The SMILES string of the molecule is COc1ccc(C(N)c2ccccc2SC)c(Cl)c1. The van der Waals surface area contributed by atoms with Crippen molar-refractivity contribution in [1.82, 2.24) is 0 Å². The van der Waals surface area contributed by atoms with Crippen LogP contribution in [0, 0.1) is 0 Å². The fraction of sp³-hybridized carbons (Fsp3) is 0.200. The lowest BCUT2D eigenvalue weighted by atomic mass is 9.99. The van der Waals surface area contributed by atoms with Crippen LogP contribution in [0.15, 0.2) is 47.4 Å². The first-order valence-corrected chi connectivity index (χ1v) is 7.49. The molecule has 0 radical (unpaired) electrons. The van der Waals surface area contributed by atoms with Crippen LogP contribution < -0.4 is 10.5 Å². The van der Waals surface area contributed by atoms with Crippen LogP contribution in [0.5, 0.6) is 5.75 Å². The van der Waals surface area contributed by atoms with Gasteiger partial charge in [0.2, 0.25) is 0 Å². The summed E-state index contributed by atoms with van der Waals surface area (Å²) in [5.41, 5.74) is 8.34. The van der Waals surface area contributed by atoms with Crippen LogP contribution in [0.25, 0.3) is 0 Å². The molecule has 0 saturated carbocycles. The second kappa shape index (κ2) is 6.33. The maximum atomic E-state index is 6.35. The van der Waals surface area contributed by atoms with E-state index in [0.29, 0.717) is 5.02 Å². The van der Waals surface area contributed by atoms with E-state index in [4.69, 9.17) is 22.1 Å². The second-order valence-corrected chi connectivity index (χ2v) is 5.36. The molecule has 100 valence electrons. The van der Waals surface area contributed by atoms with Gasteiger partial charge in [0, 0.05) is 9.92 Å². The Morgan fingerprint density at radius 2 is 1.89 bits per heavy atom. The first-order valence-electron chi connectivity index (χ1n) is 5.89. The van der Waals surface area contributed by atoms with Crippen molar-refractivity contribution in [3.05, 3.63) is 58.6 Å². The molecule has 2 aromatic rings. The lowest BCUT2D eigenvalue weighted by molar-refractivity contribution is 0.414. The first kappa shape index (κ1) is 14.3. The number of ether oxygens (including phenoxy) is 1. The quantitative estimate of drug-likeness (QED) is 0.861. The lowest BCUT2D eigenvalue weighted by Crippen LogP contribution is -2.13. The molecule has 0 bridgehead atoms. The fourth-order valence-electron chi connectivity index (χ4n) is 1.98. The van der Waals surface area contributed by atoms with E-state index < -0.39 is 0 Å². The molecule has 2 N–H and O–H groups in total. The van der Waals surface area contributed by atoms with Gasteiger partial charge in [0.25, 0.3) is 0 Å². The summed E-state index contributed by atoms with van der Waals surface area (Å²) in [6.07, 6.45) is 2.04. The van der Waals surface area contributed by atoms with Gasteiger partial charge < -0.3 is 10.5 Å². The van der Waals surface area contributed by atoms with Crippen LogP contribution in [-0.2, 0) is 0 Å². The van der Waals surface area contributed by atoms with Crippen molar-refractivity contribution in [2.75, 3.05) is 13.4 Å². The zero-order valence-electron chi connectivity index (χ0n) is 10.9. The third-order valence-electron chi connectivity index (χ3n) is 3.02. The highest BCUT2D eigenvalue weighted by molar-refractivity contribution is 7.98. The molecular weight excluding hydrogens is 278 g/mol. The number of hydrogen-bond donors (Lipinski definition) is 1. The van der Waals surface area contributed by atoms with Crippen LogP contribution >= 0.6 is 23.4 Å². The Hall–Kier alpha value is -1.16. The molecule has 2 aromatic carbocycles. The summed E-state index contributed by atoms with van der Waals surface area (Å²) < 4.78 is 5.15. The Labute approximate surface area is 122 Å². The molecule has 0 aromatic heterocycles. The van der Waals surface area contributed by atoms with Crippen molar-refractivity contribution in [2.45, 2.75) is 10.9 Å². The fourth-order valence-corrected chi connectivity index (χ4v) is 2.91. The molecule has 0 aliphatic carbocycles. The van der Waals surface area contributed by atoms with Gasteiger partial charge in [-0.3, -0.25) is 0 Å². The van der Waals surface area contributed by atoms with Crippen LogP contribution in [-0.4, -0.2) is 13.4 Å². The number of thioether (sulfide) groups is 1.